The molecule has 0 aliphatic carbocycles. The number of halogens is 1. The van der Waals surface area contributed by atoms with Crippen molar-refractivity contribution < 1.29 is 9.53 Å². The molecule has 2 heterocycles. The Hall–Kier alpha value is -3.26. The Morgan fingerprint density at radius 2 is 1.94 bits per heavy atom. The number of esters is 1. The zero-order chi connectivity index (χ0) is 23.7. The van der Waals surface area contributed by atoms with E-state index in [-0.39, 0.29) is 17.4 Å². The average molecular weight is 509 g/mol. The summed E-state index contributed by atoms with van der Waals surface area (Å²) >= 11 is 3.43. The number of rotatable bonds is 6. The van der Waals surface area contributed by atoms with Crippen LogP contribution in [0.15, 0.2) is 63.0 Å². The van der Waals surface area contributed by atoms with Gasteiger partial charge in [0.1, 0.15) is 11.9 Å². The molecule has 0 aliphatic heterocycles. The third-order valence-electron chi connectivity index (χ3n) is 5.48. The van der Waals surface area contributed by atoms with Crippen molar-refractivity contribution in [2.45, 2.75) is 39.7 Å². The van der Waals surface area contributed by atoms with Crippen LogP contribution in [0.5, 0.6) is 0 Å². The Labute approximate surface area is 199 Å². The molecule has 0 spiro atoms. The molecule has 0 amide bonds. The lowest BCUT2D eigenvalue weighted by atomic mass is 10.2. The summed E-state index contributed by atoms with van der Waals surface area (Å²) in [7, 11) is 0. The molecule has 4 rings (SSSR count). The van der Waals surface area contributed by atoms with Crippen LogP contribution in [0.2, 0.25) is 0 Å². The van der Waals surface area contributed by atoms with Crippen LogP contribution in [0.4, 0.5) is 0 Å². The third kappa shape index (κ3) is 4.35. The molecular weight excluding hydrogens is 484 g/mol. The van der Waals surface area contributed by atoms with Crippen molar-refractivity contribution in [1.29, 1.82) is 0 Å². The molecule has 0 saturated carbocycles. The molecule has 0 aliphatic rings. The summed E-state index contributed by atoms with van der Waals surface area (Å²) in [6.45, 7) is 7.87. The first-order valence-electron chi connectivity index (χ1n) is 10.8. The van der Waals surface area contributed by atoms with Crippen molar-refractivity contribution in [2.24, 2.45) is 5.10 Å². The largest absolute Gasteiger partial charge is 0.464 e. The Morgan fingerprint density at radius 3 is 2.67 bits per heavy atom. The molecule has 0 bridgehead atoms. The average Bonchev–Trinajstić information content (AvgIpc) is 3.17. The fourth-order valence-corrected chi connectivity index (χ4v) is 4.16. The molecule has 7 nitrogen and oxygen atoms in total. The Bertz CT molecular complexity index is 1440. The summed E-state index contributed by atoms with van der Waals surface area (Å²) in [6.07, 6.45) is 3.51. The van der Waals surface area contributed by atoms with Crippen LogP contribution in [0.25, 0.3) is 21.8 Å². The fraction of sp³-hybridized carbons (Fsp3) is 0.280. The molecule has 33 heavy (non-hydrogen) atoms. The van der Waals surface area contributed by atoms with Crippen molar-refractivity contribution in [2.75, 3.05) is 6.61 Å². The second-order valence-corrected chi connectivity index (χ2v) is 9.00. The van der Waals surface area contributed by atoms with Crippen LogP contribution in [-0.2, 0) is 9.53 Å². The van der Waals surface area contributed by atoms with Crippen molar-refractivity contribution in [3.8, 4) is 0 Å². The van der Waals surface area contributed by atoms with Gasteiger partial charge in [-0.25, -0.2) is 9.78 Å². The molecule has 2 aromatic heterocycles. The maximum atomic E-state index is 13.3. The number of hydrogen-bond donors (Lipinski definition) is 0. The summed E-state index contributed by atoms with van der Waals surface area (Å²) in [5.74, 6) is 0.270. The highest BCUT2D eigenvalue weighted by atomic mass is 79.9. The van der Waals surface area contributed by atoms with E-state index in [1.807, 2.05) is 61.0 Å². The lowest BCUT2D eigenvalue weighted by molar-refractivity contribution is -0.146. The Kier molecular flexibility index (Phi) is 6.47. The minimum atomic E-state index is -0.495. The van der Waals surface area contributed by atoms with E-state index >= 15 is 0 Å². The quantitative estimate of drug-likeness (QED) is 0.263. The van der Waals surface area contributed by atoms with E-state index in [0.29, 0.717) is 23.3 Å². The lowest BCUT2D eigenvalue weighted by Gasteiger charge is -2.13. The van der Waals surface area contributed by atoms with Crippen LogP contribution in [0.1, 0.15) is 51.0 Å². The molecule has 1 atom stereocenters. The molecule has 8 heteroatoms. The standard InChI is InChI=1S/C25H25BrN4O3/c1-5-33-25(32)16(4)29-14-17(19-8-6-7-9-22(19)29)13-27-30-23(15(2)3)28-21-11-10-18(26)12-20(21)24(30)31/h6-16H,5H2,1-4H3/t16-/m1/s1. The number of nitrogens with zero attached hydrogens (tertiary/aromatic N) is 4. The third-order valence-corrected chi connectivity index (χ3v) is 5.97. The van der Waals surface area contributed by atoms with E-state index in [1.165, 1.54) is 4.68 Å². The van der Waals surface area contributed by atoms with Crippen LogP contribution in [-0.4, -0.2) is 33.0 Å². The van der Waals surface area contributed by atoms with E-state index in [0.717, 1.165) is 20.9 Å². The SMILES string of the molecule is CCOC(=O)[C@@H](C)n1cc(C=Nn2c(C(C)C)nc3ccc(Br)cc3c2=O)c2ccccc21. The minimum absolute atomic E-state index is 0.00641. The van der Waals surface area contributed by atoms with Gasteiger partial charge in [-0.3, -0.25) is 4.79 Å². The number of aromatic nitrogens is 3. The van der Waals surface area contributed by atoms with E-state index in [2.05, 4.69) is 21.0 Å². The predicted molar refractivity (Wildman–Crippen MR) is 134 cm³/mol. The zero-order valence-corrected chi connectivity index (χ0v) is 20.5. The number of carbonyl (C=O) groups is 1. The maximum absolute atomic E-state index is 13.3. The van der Waals surface area contributed by atoms with Gasteiger partial charge in [0.25, 0.3) is 5.56 Å². The van der Waals surface area contributed by atoms with Gasteiger partial charge in [0.2, 0.25) is 0 Å². The number of para-hydroxylation sites is 1. The molecular formula is C25H25BrN4O3. The van der Waals surface area contributed by atoms with Gasteiger partial charge in [0.15, 0.2) is 0 Å². The van der Waals surface area contributed by atoms with Crippen molar-refractivity contribution in [3.63, 3.8) is 0 Å². The summed E-state index contributed by atoms with van der Waals surface area (Å²) in [5, 5.41) is 5.97. The van der Waals surface area contributed by atoms with Crippen LogP contribution >= 0.6 is 15.9 Å². The molecule has 4 aromatic rings. The van der Waals surface area contributed by atoms with Gasteiger partial charge in [-0.1, -0.05) is 48.0 Å². The number of ether oxygens (including phenoxy) is 1. The second kappa shape index (κ2) is 9.31. The smallest absolute Gasteiger partial charge is 0.328 e. The van der Waals surface area contributed by atoms with Gasteiger partial charge in [0, 0.05) is 33.1 Å². The summed E-state index contributed by atoms with van der Waals surface area (Å²) in [6, 6.07) is 12.7. The zero-order valence-electron chi connectivity index (χ0n) is 18.9. The number of hydrogen-bond acceptors (Lipinski definition) is 5. The molecule has 0 fully saturated rings. The maximum Gasteiger partial charge on any atom is 0.328 e. The Morgan fingerprint density at radius 1 is 1.18 bits per heavy atom. The highest BCUT2D eigenvalue weighted by molar-refractivity contribution is 9.10. The number of benzene rings is 2. The topological polar surface area (TPSA) is 78.5 Å². The highest BCUT2D eigenvalue weighted by Crippen LogP contribution is 2.25. The van der Waals surface area contributed by atoms with E-state index in [4.69, 9.17) is 9.72 Å². The van der Waals surface area contributed by atoms with Crippen molar-refractivity contribution >= 4 is 49.9 Å². The molecule has 0 radical (unpaired) electrons. The monoisotopic (exact) mass is 508 g/mol. The molecule has 0 N–H and O–H groups in total. The van der Waals surface area contributed by atoms with E-state index in [1.54, 1.807) is 26.1 Å². The number of carbonyl (C=O) groups excluding carboxylic acids is 1. The van der Waals surface area contributed by atoms with Crippen LogP contribution in [0.3, 0.4) is 0 Å². The Balaban J connectivity index is 1.85. The minimum Gasteiger partial charge on any atom is -0.464 e. The highest BCUT2D eigenvalue weighted by Gasteiger charge is 2.20. The summed E-state index contributed by atoms with van der Waals surface area (Å²) in [4.78, 5) is 30.3. The molecule has 0 unspecified atom stereocenters. The van der Waals surface area contributed by atoms with Gasteiger partial charge < -0.3 is 9.30 Å². The van der Waals surface area contributed by atoms with Crippen molar-refractivity contribution in [3.05, 3.63) is 74.9 Å². The fourth-order valence-electron chi connectivity index (χ4n) is 3.80. The second-order valence-electron chi connectivity index (χ2n) is 8.08. The molecule has 170 valence electrons. The van der Waals surface area contributed by atoms with Crippen LogP contribution < -0.4 is 5.56 Å². The first kappa shape index (κ1) is 22.9. The first-order chi connectivity index (χ1) is 15.8. The molecule has 0 saturated heterocycles. The normalized spacial score (nSPS) is 12.8. The van der Waals surface area contributed by atoms with Gasteiger partial charge in [-0.2, -0.15) is 9.78 Å². The lowest BCUT2D eigenvalue weighted by Crippen LogP contribution is -2.23. The predicted octanol–water partition coefficient (Wildman–Crippen LogP) is 5.24. The first-order valence-corrected chi connectivity index (χ1v) is 11.6. The van der Waals surface area contributed by atoms with Crippen molar-refractivity contribution in [1.82, 2.24) is 14.2 Å². The van der Waals surface area contributed by atoms with Gasteiger partial charge in [0.05, 0.1) is 23.7 Å². The van der Waals surface area contributed by atoms with Gasteiger partial charge >= 0.3 is 5.97 Å². The summed E-state index contributed by atoms with van der Waals surface area (Å²) in [5.41, 5.74) is 2.08. The van der Waals surface area contributed by atoms with Crippen LogP contribution in [0, 0.1) is 0 Å². The van der Waals surface area contributed by atoms with E-state index < -0.39 is 6.04 Å². The van der Waals surface area contributed by atoms with Gasteiger partial charge in [-0.15, -0.1) is 0 Å². The summed E-state index contributed by atoms with van der Waals surface area (Å²) < 4.78 is 9.24. The molecule has 2 aromatic carbocycles. The van der Waals surface area contributed by atoms with Gasteiger partial charge in [-0.05, 0) is 38.1 Å². The number of fused-ring (bicyclic) bond motifs is 2. The van der Waals surface area contributed by atoms with E-state index in [9.17, 15) is 9.59 Å².